The van der Waals surface area contributed by atoms with Gasteiger partial charge in [-0.25, -0.2) is 17.9 Å². The molecule has 1 heterocycles. The highest BCUT2D eigenvalue weighted by atomic mass is 32.2. The summed E-state index contributed by atoms with van der Waals surface area (Å²) in [5.74, 6) is -0.516. The highest BCUT2D eigenvalue weighted by Crippen LogP contribution is 2.14. The van der Waals surface area contributed by atoms with Gasteiger partial charge in [-0.05, 0) is 23.3 Å². The highest BCUT2D eigenvalue weighted by molar-refractivity contribution is 7.88. The molecule has 0 aliphatic rings. The van der Waals surface area contributed by atoms with Crippen LogP contribution in [0.25, 0.3) is 11.1 Å². The molecular formula is C16H16N2O4S. The highest BCUT2D eigenvalue weighted by Gasteiger charge is 2.12. The second kappa shape index (κ2) is 6.02. The Morgan fingerprint density at radius 2 is 1.83 bits per heavy atom. The number of nitrogens with zero attached hydrogens (tertiary/aromatic N) is 1. The Morgan fingerprint density at radius 1 is 1.09 bits per heavy atom. The fraction of sp³-hybridized carbons (Fsp3) is 0.188. The molecule has 0 fully saturated rings. The molecule has 0 spiro atoms. The zero-order valence-corrected chi connectivity index (χ0v) is 13.3. The Labute approximate surface area is 133 Å². The summed E-state index contributed by atoms with van der Waals surface area (Å²) < 4.78 is 33.3. The second-order valence-electron chi connectivity index (χ2n) is 5.29. The number of aromatic nitrogens is 1. The third-order valence-electron chi connectivity index (χ3n) is 3.55. The van der Waals surface area contributed by atoms with E-state index in [4.69, 9.17) is 4.42 Å². The maximum Gasteiger partial charge on any atom is 0.419 e. The maximum atomic E-state index is 12.1. The Balaban J connectivity index is 1.73. The second-order valence-corrected chi connectivity index (χ2v) is 7.10. The largest absolute Gasteiger partial charge is 0.419 e. The Morgan fingerprint density at radius 3 is 2.57 bits per heavy atom. The summed E-state index contributed by atoms with van der Waals surface area (Å²) in [4.78, 5) is 11.5. The van der Waals surface area contributed by atoms with E-state index >= 15 is 0 Å². The number of hydrogen-bond donors (Lipinski definition) is 1. The van der Waals surface area contributed by atoms with Crippen LogP contribution in [0.2, 0.25) is 0 Å². The molecule has 7 heteroatoms. The topological polar surface area (TPSA) is 81.3 Å². The van der Waals surface area contributed by atoms with Gasteiger partial charge in [-0.1, -0.05) is 36.4 Å². The molecule has 2 aromatic carbocycles. The molecule has 0 saturated carbocycles. The van der Waals surface area contributed by atoms with Crippen LogP contribution in [0.5, 0.6) is 0 Å². The van der Waals surface area contributed by atoms with Crippen LogP contribution in [0.1, 0.15) is 11.1 Å². The number of nitrogens with one attached hydrogen (secondary N) is 1. The summed E-state index contributed by atoms with van der Waals surface area (Å²) in [5.41, 5.74) is 2.57. The number of benzene rings is 2. The lowest BCUT2D eigenvalue weighted by atomic mass is 10.2. The van der Waals surface area contributed by atoms with Crippen LogP contribution in [0, 0.1) is 0 Å². The van der Waals surface area contributed by atoms with Crippen molar-refractivity contribution in [2.24, 2.45) is 7.05 Å². The van der Waals surface area contributed by atoms with Gasteiger partial charge in [-0.2, -0.15) is 0 Å². The van der Waals surface area contributed by atoms with Crippen molar-refractivity contribution in [3.05, 3.63) is 70.2 Å². The first kappa shape index (κ1) is 15.5. The monoisotopic (exact) mass is 332 g/mol. The SMILES string of the molecule is Cn1c(=O)oc2cc(CNS(=O)(=O)Cc3ccccc3)ccc21. The van der Waals surface area contributed by atoms with E-state index in [-0.39, 0.29) is 12.3 Å². The summed E-state index contributed by atoms with van der Waals surface area (Å²) in [6, 6.07) is 14.2. The van der Waals surface area contributed by atoms with Gasteiger partial charge >= 0.3 is 5.76 Å². The van der Waals surface area contributed by atoms with Crippen LogP contribution >= 0.6 is 0 Å². The van der Waals surface area contributed by atoms with E-state index in [1.54, 1.807) is 49.5 Å². The minimum Gasteiger partial charge on any atom is -0.408 e. The zero-order chi connectivity index (χ0) is 16.4. The molecule has 0 atom stereocenters. The van der Waals surface area contributed by atoms with Crippen LogP contribution in [-0.2, 0) is 29.4 Å². The van der Waals surface area contributed by atoms with Crippen molar-refractivity contribution in [2.45, 2.75) is 12.3 Å². The van der Waals surface area contributed by atoms with E-state index in [1.807, 2.05) is 6.07 Å². The van der Waals surface area contributed by atoms with Gasteiger partial charge in [0, 0.05) is 13.6 Å². The molecule has 6 nitrogen and oxygen atoms in total. The van der Waals surface area contributed by atoms with Crippen LogP contribution in [-0.4, -0.2) is 13.0 Å². The van der Waals surface area contributed by atoms with Gasteiger partial charge in [-0.3, -0.25) is 4.57 Å². The van der Waals surface area contributed by atoms with Crippen molar-refractivity contribution >= 4 is 21.1 Å². The fourth-order valence-corrected chi connectivity index (χ4v) is 3.45. The quantitative estimate of drug-likeness (QED) is 0.772. The lowest BCUT2D eigenvalue weighted by molar-refractivity contribution is 0.527. The number of sulfonamides is 1. The van der Waals surface area contributed by atoms with Gasteiger partial charge < -0.3 is 4.42 Å². The first-order chi connectivity index (χ1) is 10.9. The van der Waals surface area contributed by atoms with Gasteiger partial charge in [0.25, 0.3) is 0 Å². The maximum absolute atomic E-state index is 12.1. The van der Waals surface area contributed by atoms with E-state index in [0.717, 1.165) is 11.1 Å². The molecule has 23 heavy (non-hydrogen) atoms. The van der Waals surface area contributed by atoms with Crippen molar-refractivity contribution in [1.82, 2.24) is 9.29 Å². The van der Waals surface area contributed by atoms with E-state index < -0.39 is 15.8 Å². The van der Waals surface area contributed by atoms with Gasteiger partial charge in [0.2, 0.25) is 10.0 Å². The van der Waals surface area contributed by atoms with Crippen LogP contribution in [0.4, 0.5) is 0 Å². The van der Waals surface area contributed by atoms with Crippen molar-refractivity contribution < 1.29 is 12.8 Å². The molecule has 0 amide bonds. The first-order valence-corrected chi connectivity index (χ1v) is 8.69. The number of rotatable bonds is 5. The zero-order valence-electron chi connectivity index (χ0n) is 12.5. The third-order valence-corrected chi connectivity index (χ3v) is 4.85. The number of aryl methyl sites for hydroxylation is 1. The third kappa shape index (κ3) is 3.52. The van der Waals surface area contributed by atoms with Crippen molar-refractivity contribution in [2.75, 3.05) is 0 Å². The molecule has 3 rings (SSSR count). The molecule has 120 valence electrons. The molecule has 0 radical (unpaired) electrons. The summed E-state index contributed by atoms with van der Waals surface area (Å²) in [6.07, 6.45) is 0. The summed E-state index contributed by atoms with van der Waals surface area (Å²) in [7, 11) is -1.82. The smallest absolute Gasteiger partial charge is 0.408 e. The van der Waals surface area contributed by atoms with Crippen LogP contribution in [0.15, 0.2) is 57.7 Å². The molecule has 0 saturated heterocycles. The fourth-order valence-electron chi connectivity index (χ4n) is 2.33. The van der Waals surface area contributed by atoms with E-state index in [0.29, 0.717) is 11.1 Å². The summed E-state index contributed by atoms with van der Waals surface area (Å²) in [6.45, 7) is 0.143. The summed E-state index contributed by atoms with van der Waals surface area (Å²) >= 11 is 0. The normalized spacial score (nSPS) is 11.9. The van der Waals surface area contributed by atoms with E-state index in [2.05, 4.69) is 4.72 Å². The molecule has 1 N–H and O–H groups in total. The van der Waals surface area contributed by atoms with E-state index in [1.165, 1.54) is 4.57 Å². The molecular weight excluding hydrogens is 316 g/mol. The van der Waals surface area contributed by atoms with Crippen LogP contribution < -0.4 is 10.5 Å². The number of oxazole rings is 1. The minimum absolute atomic E-state index is 0.0729. The van der Waals surface area contributed by atoms with Crippen LogP contribution in [0.3, 0.4) is 0 Å². The average Bonchev–Trinajstić information content (AvgIpc) is 2.80. The number of fused-ring (bicyclic) bond motifs is 1. The molecule has 3 aromatic rings. The Bertz CT molecular complexity index is 988. The summed E-state index contributed by atoms with van der Waals surface area (Å²) in [5, 5.41) is 0. The molecule has 1 aromatic heterocycles. The van der Waals surface area contributed by atoms with Gasteiger partial charge in [0.15, 0.2) is 5.58 Å². The van der Waals surface area contributed by atoms with Gasteiger partial charge in [0.05, 0.1) is 11.3 Å². The predicted octanol–water partition coefficient (Wildman–Crippen LogP) is 1.75. The minimum atomic E-state index is -3.44. The van der Waals surface area contributed by atoms with E-state index in [9.17, 15) is 13.2 Å². The molecule has 0 unspecified atom stereocenters. The van der Waals surface area contributed by atoms with Crippen molar-refractivity contribution in [3.63, 3.8) is 0 Å². The first-order valence-electron chi connectivity index (χ1n) is 7.04. The molecule has 0 bridgehead atoms. The molecule has 0 aliphatic heterocycles. The lowest BCUT2D eigenvalue weighted by Gasteiger charge is -2.07. The number of hydrogen-bond acceptors (Lipinski definition) is 4. The average molecular weight is 332 g/mol. The van der Waals surface area contributed by atoms with Crippen molar-refractivity contribution in [1.29, 1.82) is 0 Å². The Hall–Kier alpha value is -2.38. The van der Waals surface area contributed by atoms with Gasteiger partial charge in [-0.15, -0.1) is 0 Å². The Kier molecular flexibility index (Phi) is 4.06. The standard InChI is InChI=1S/C16H16N2O4S/c1-18-14-8-7-13(9-15(14)22-16(18)19)10-17-23(20,21)11-12-5-3-2-4-6-12/h2-9,17H,10-11H2,1H3. The molecule has 0 aliphatic carbocycles. The lowest BCUT2D eigenvalue weighted by Crippen LogP contribution is -2.24. The predicted molar refractivity (Wildman–Crippen MR) is 87.4 cm³/mol. The van der Waals surface area contributed by atoms with Crippen molar-refractivity contribution in [3.8, 4) is 0 Å². The van der Waals surface area contributed by atoms with Gasteiger partial charge in [0.1, 0.15) is 0 Å².